The first-order valence-corrected chi connectivity index (χ1v) is 5.48. The third kappa shape index (κ3) is 3.18. The molecule has 106 valence electrons. The lowest BCUT2D eigenvalue weighted by atomic mass is 10.0. The van der Waals surface area contributed by atoms with Crippen LogP contribution in [-0.2, 0) is 9.53 Å². The second-order valence-electron chi connectivity index (χ2n) is 3.62. The normalized spacial score (nSPS) is 13.8. The summed E-state index contributed by atoms with van der Waals surface area (Å²) in [6.07, 6.45) is -4.18. The van der Waals surface area contributed by atoms with Gasteiger partial charge in [0.1, 0.15) is 11.9 Å². The van der Waals surface area contributed by atoms with Crippen molar-refractivity contribution in [1.82, 2.24) is 0 Å². The van der Waals surface area contributed by atoms with Crippen LogP contribution in [0.2, 0.25) is 0 Å². The van der Waals surface area contributed by atoms with E-state index >= 15 is 0 Å². The Morgan fingerprint density at radius 1 is 1.37 bits per heavy atom. The number of halogens is 2. The number of hydrogen-bond acceptors (Lipinski definition) is 5. The molecule has 2 atom stereocenters. The topological polar surface area (TPSA) is 76.0 Å². The molecule has 2 unspecified atom stereocenters. The van der Waals surface area contributed by atoms with Crippen LogP contribution in [0, 0.1) is 11.6 Å². The van der Waals surface area contributed by atoms with Crippen LogP contribution in [0.3, 0.4) is 0 Å². The Balaban J connectivity index is 3.11. The molecule has 2 N–H and O–H groups in total. The van der Waals surface area contributed by atoms with Crippen LogP contribution in [0.4, 0.5) is 8.78 Å². The molecule has 0 aromatic heterocycles. The Labute approximate surface area is 108 Å². The van der Waals surface area contributed by atoms with Crippen LogP contribution < -0.4 is 4.74 Å². The number of aliphatic hydroxyl groups excluding tert-OH is 2. The van der Waals surface area contributed by atoms with Gasteiger partial charge in [-0.15, -0.1) is 0 Å². The molecular weight excluding hydrogens is 262 g/mol. The molecule has 1 aromatic rings. The Morgan fingerprint density at radius 2 is 2.00 bits per heavy atom. The fourth-order valence-corrected chi connectivity index (χ4v) is 1.49. The van der Waals surface area contributed by atoms with Crippen LogP contribution in [0.1, 0.15) is 18.6 Å². The first-order chi connectivity index (χ1) is 8.93. The zero-order chi connectivity index (χ0) is 14.6. The van der Waals surface area contributed by atoms with Crippen molar-refractivity contribution in [3.05, 3.63) is 29.3 Å². The number of rotatable bonds is 5. The Hall–Kier alpha value is -1.73. The van der Waals surface area contributed by atoms with Gasteiger partial charge in [-0.25, -0.2) is 13.6 Å². The Morgan fingerprint density at radius 3 is 2.53 bits per heavy atom. The maximum atomic E-state index is 13.8. The molecule has 1 rings (SSSR count). The molecule has 0 fully saturated rings. The van der Waals surface area contributed by atoms with Crippen molar-refractivity contribution in [2.75, 3.05) is 13.7 Å². The fraction of sp³-hybridized carbons (Fsp3) is 0.417. The number of carbonyl (C=O) groups excluding carboxylic acids is 1. The summed E-state index contributed by atoms with van der Waals surface area (Å²) in [5.41, 5.74) is -0.847. The molecule has 0 aliphatic heterocycles. The van der Waals surface area contributed by atoms with Crippen molar-refractivity contribution in [2.45, 2.75) is 19.1 Å². The molecule has 0 saturated carbocycles. The molecule has 0 aliphatic carbocycles. The highest BCUT2D eigenvalue weighted by Crippen LogP contribution is 2.29. The molecule has 19 heavy (non-hydrogen) atoms. The largest absolute Gasteiger partial charge is 0.494 e. The highest BCUT2D eigenvalue weighted by Gasteiger charge is 2.32. The molecule has 0 aliphatic rings. The van der Waals surface area contributed by atoms with Gasteiger partial charge in [0.2, 0.25) is 0 Å². The number of methoxy groups -OCH3 is 1. The van der Waals surface area contributed by atoms with Crippen LogP contribution in [0.15, 0.2) is 12.1 Å². The molecular formula is C12H14F2O5. The van der Waals surface area contributed by atoms with Crippen molar-refractivity contribution < 1.29 is 33.3 Å². The number of hydrogen-bond donors (Lipinski definition) is 2. The average molecular weight is 276 g/mol. The lowest BCUT2D eigenvalue weighted by Crippen LogP contribution is -2.31. The minimum atomic E-state index is -2.09. The molecule has 0 heterocycles. The first-order valence-electron chi connectivity index (χ1n) is 5.48. The van der Waals surface area contributed by atoms with E-state index in [-0.39, 0.29) is 12.4 Å². The maximum Gasteiger partial charge on any atom is 0.338 e. The summed E-state index contributed by atoms with van der Waals surface area (Å²) >= 11 is 0. The zero-order valence-electron chi connectivity index (χ0n) is 10.4. The van der Waals surface area contributed by atoms with Gasteiger partial charge in [0.15, 0.2) is 17.7 Å². The summed E-state index contributed by atoms with van der Waals surface area (Å²) in [5.74, 6) is -3.77. The van der Waals surface area contributed by atoms with Crippen LogP contribution >= 0.6 is 0 Å². The predicted molar refractivity (Wildman–Crippen MR) is 60.5 cm³/mol. The van der Waals surface area contributed by atoms with Gasteiger partial charge in [0.05, 0.1) is 19.3 Å². The van der Waals surface area contributed by atoms with Crippen molar-refractivity contribution in [2.24, 2.45) is 0 Å². The maximum absolute atomic E-state index is 13.8. The van der Waals surface area contributed by atoms with Gasteiger partial charge < -0.3 is 19.7 Å². The summed E-state index contributed by atoms with van der Waals surface area (Å²) in [4.78, 5) is 11.2. The fourth-order valence-electron chi connectivity index (χ4n) is 1.49. The van der Waals surface area contributed by atoms with E-state index in [1.807, 2.05) is 0 Å². The van der Waals surface area contributed by atoms with E-state index in [1.165, 1.54) is 6.92 Å². The van der Waals surface area contributed by atoms with E-state index in [0.717, 1.165) is 19.2 Å². The van der Waals surface area contributed by atoms with E-state index in [4.69, 9.17) is 0 Å². The molecule has 0 amide bonds. The number of aliphatic hydroxyl groups is 2. The van der Waals surface area contributed by atoms with Gasteiger partial charge in [-0.2, -0.15) is 0 Å². The quantitative estimate of drug-likeness (QED) is 0.782. The van der Waals surface area contributed by atoms with Gasteiger partial charge >= 0.3 is 5.97 Å². The van der Waals surface area contributed by atoms with Crippen LogP contribution in [0.25, 0.3) is 0 Å². The van der Waals surface area contributed by atoms with Gasteiger partial charge in [-0.05, 0) is 19.1 Å². The van der Waals surface area contributed by atoms with Gasteiger partial charge in [0, 0.05) is 0 Å². The van der Waals surface area contributed by atoms with E-state index in [2.05, 4.69) is 9.47 Å². The minimum absolute atomic E-state index is 0.0360. The van der Waals surface area contributed by atoms with Gasteiger partial charge in [0.25, 0.3) is 0 Å². The van der Waals surface area contributed by atoms with Crippen molar-refractivity contribution >= 4 is 5.97 Å². The number of carbonyl (C=O) groups is 1. The lowest BCUT2D eigenvalue weighted by Gasteiger charge is -2.18. The van der Waals surface area contributed by atoms with Crippen molar-refractivity contribution in [3.8, 4) is 5.75 Å². The van der Waals surface area contributed by atoms with Crippen LogP contribution in [-0.4, -0.2) is 36.0 Å². The Kier molecular flexibility index (Phi) is 5.20. The molecule has 0 saturated heterocycles. The number of benzene rings is 1. The molecule has 0 bridgehead atoms. The van der Waals surface area contributed by atoms with Crippen molar-refractivity contribution in [1.29, 1.82) is 0 Å². The smallest absolute Gasteiger partial charge is 0.338 e. The second kappa shape index (κ2) is 6.44. The SMILES string of the molecule is CCOC(=O)C(O)C(O)c1c(F)ccc(OC)c1F. The molecule has 0 radical (unpaired) electrons. The van der Waals surface area contributed by atoms with Gasteiger partial charge in [-0.1, -0.05) is 0 Å². The second-order valence-corrected chi connectivity index (χ2v) is 3.62. The van der Waals surface area contributed by atoms with Gasteiger partial charge in [-0.3, -0.25) is 0 Å². The van der Waals surface area contributed by atoms with E-state index < -0.39 is 35.4 Å². The van der Waals surface area contributed by atoms with Crippen molar-refractivity contribution in [3.63, 3.8) is 0 Å². The molecule has 0 spiro atoms. The first kappa shape index (κ1) is 15.3. The summed E-state index contributed by atoms with van der Waals surface area (Å²) < 4.78 is 36.4. The summed E-state index contributed by atoms with van der Waals surface area (Å²) in [7, 11) is 1.16. The predicted octanol–water partition coefficient (Wildman–Crippen LogP) is 0.931. The van der Waals surface area contributed by atoms with E-state index in [1.54, 1.807) is 0 Å². The average Bonchev–Trinajstić information content (AvgIpc) is 2.38. The third-order valence-corrected chi connectivity index (χ3v) is 2.43. The van der Waals surface area contributed by atoms with Crippen LogP contribution in [0.5, 0.6) is 5.75 Å². The highest BCUT2D eigenvalue weighted by molar-refractivity contribution is 5.75. The zero-order valence-corrected chi connectivity index (χ0v) is 10.4. The number of esters is 1. The third-order valence-electron chi connectivity index (χ3n) is 2.43. The number of ether oxygens (including phenoxy) is 2. The molecule has 7 heteroatoms. The summed E-state index contributed by atoms with van der Waals surface area (Å²) in [6.45, 7) is 1.45. The van der Waals surface area contributed by atoms with E-state index in [0.29, 0.717) is 0 Å². The highest BCUT2D eigenvalue weighted by atomic mass is 19.1. The monoisotopic (exact) mass is 276 g/mol. The Bertz CT molecular complexity index is 464. The summed E-state index contributed by atoms with van der Waals surface area (Å²) in [5, 5.41) is 19.2. The standard InChI is InChI=1S/C12H14F2O5/c1-3-19-12(17)11(16)10(15)8-6(13)4-5-7(18-2)9(8)14/h4-5,10-11,15-16H,3H2,1-2H3. The minimum Gasteiger partial charge on any atom is -0.494 e. The lowest BCUT2D eigenvalue weighted by molar-refractivity contribution is -0.159. The molecule has 5 nitrogen and oxygen atoms in total. The van der Waals surface area contributed by atoms with E-state index in [9.17, 15) is 23.8 Å². The molecule has 1 aromatic carbocycles. The summed E-state index contributed by atoms with van der Waals surface area (Å²) in [6, 6.07) is 1.88.